The smallest absolute Gasteiger partial charge is 0.254 e. The Morgan fingerprint density at radius 3 is 2.50 bits per heavy atom. The summed E-state index contributed by atoms with van der Waals surface area (Å²) in [4.78, 5) is 37.8. The Balaban J connectivity index is 1.49. The average Bonchev–Trinajstić information content (AvgIpc) is 3.30. The second kappa shape index (κ2) is 5.24. The topological polar surface area (TPSA) is 80.0 Å². The summed E-state index contributed by atoms with van der Waals surface area (Å²) in [6.45, 7) is 1.89. The first-order valence-corrected chi connectivity index (χ1v) is 8.67. The Bertz CT molecular complexity index is 1050. The molecule has 0 N–H and O–H groups in total. The monoisotopic (exact) mass is 348 g/mol. The van der Waals surface area contributed by atoms with Crippen LogP contribution in [-0.4, -0.2) is 23.0 Å². The number of hydrogen-bond donors (Lipinski definition) is 0. The number of allylic oxidation sites excluding steroid dienone is 2. The van der Waals surface area contributed by atoms with Crippen molar-refractivity contribution in [2.24, 2.45) is 28.8 Å². The maximum atomic E-state index is 12.6. The number of carbonyl (C=O) groups excluding carboxylic acids is 2. The van der Waals surface area contributed by atoms with Gasteiger partial charge in [0.25, 0.3) is 11.8 Å². The lowest BCUT2D eigenvalue weighted by molar-refractivity contribution is -0.140. The molecule has 0 radical (unpaired) electrons. The summed E-state index contributed by atoms with van der Waals surface area (Å²) in [7, 11) is 0. The molecule has 1 saturated heterocycles. The molecule has 1 aromatic heterocycles. The van der Waals surface area contributed by atoms with Crippen molar-refractivity contribution in [3.05, 3.63) is 58.0 Å². The minimum Gasteiger partial charge on any atom is -0.463 e. The van der Waals surface area contributed by atoms with Gasteiger partial charge in [0.2, 0.25) is 5.43 Å². The molecule has 2 aliphatic carbocycles. The first-order valence-electron chi connectivity index (χ1n) is 8.67. The Hall–Kier alpha value is -3.02. The van der Waals surface area contributed by atoms with Crippen LogP contribution >= 0.6 is 0 Å². The van der Waals surface area contributed by atoms with E-state index in [1.165, 1.54) is 12.5 Å². The number of fused-ring (bicyclic) bond motifs is 6. The van der Waals surface area contributed by atoms with Crippen molar-refractivity contribution in [1.82, 2.24) is 5.01 Å². The number of nitrogens with zero attached hydrogens (tertiary/aromatic N) is 2. The van der Waals surface area contributed by atoms with Crippen molar-refractivity contribution < 1.29 is 14.0 Å². The number of hydrazone groups is 1. The number of benzene rings is 1. The van der Waals surface area contributed by atoms with Crippen LogP contribution in [0.2, 0.25) is 0 Å². The first-order chi connectivity index (χ1) is 12.5. The third-order valence-corrected chi connectivity index (χ3v) is 5.71. The molecule has 0 spiro atoms. The number of rotatable bonds is 2. The van der Waals surface area contributed by atoms with Crippen LogP contribution in [0, 0.1) is 30.6 Å². The molecule has 130 valence electrons. The van der Waals surface area contributed by atoms with Crippen molar-refractivity contribution in [2.75, 3.05) is 0 Å². The first kappa shape index (κ1) is 15.3. The van der Waals surface area contributed by atoms with E-state index in [0.29, 0.717) is 11.0 Å². The fraction of sp³-hybridized carbons (Fsp3) is 0.300. The fourth-order valence-corrected chi connectivity index (χ4v) is 4.47. The Morgan fingerprint density at radius 2 is 1.81 bits per heavy atom. The Morgan fingerprint density at radius 1 is 1.12 bits per heavy atom. The molecule has 6 nitrogen and oxygen atoms in total. The number of imide groups is 1. The zero-order chi connectivity index (χ0) is 18.0. The average molecular weight is 348 g/mol. The predicted molar refractivity (Wildman–Crippen MR) is 94.4 cm³/mol. The zero-order valence-corrected chi connectivity index (χ0v) is 14.1. The zero-order valence-electron chi connectivity index (χ0n) is 14.1. The van der Waals surface area contributed by atoms with E-state index in [1.807, 2.05) is 25.1 Å². The SMILES string of the molecule is Cc1ccc2occ(C=NN3C(=O)C4C5C=CC(C5)C4C3=O)c(=O)c2c1. The van der Waals surface area contributed by atoms with E-state index in [4.69, 9.17) is 4.42 Å². The molecule has 26 heavy (non-hydrogen) atoms. The third kappa shape index (κ3) is 1.98. The highest BCUT2D eigenvalue weighted by Gasteiger charge is 2.59. The van der Waals surface area contributed by atoms with Gasteiger partial charge in [0.05, 0.1) is 29.0 Å². The van der Waals surface area contributed by atoms with E-state index in [2.05, 4.69) is 5.10 Å². The Kier molecular flexibility index (Phi) is 3.07. The van der Waals surface area contributed by atoms with E-state index >= 15 is 0 Å². The van der Waals surface area contributed by atoms with Crippen LogP contribution in [-0.2, 0) is 9.59 Å². The van der Waals surface area contributed by atoms with E-state index in [1.54, 1.807) is 12.1 Å². The lowest BCUT2D eigenvalue weighted by atomic mass is 9.85. The van der Waals surface area contributed by atoms with E-state index in [-0.39, 0.29) is 46.5 Å². The van der Waals surface area contributed by atoms with Gasteiger partial charge in [-0.3, -0.25) is 14.4 Å². The Labute approximate surface area is 148 Å². The highest BCUT2D eigenvalue weighted by atomic mass is 16.3. The highest BCUT2D eigenvalue weighted by molar-refractivity contribution is 6.06. The summed E-state index contributed by atoms with van der Waals surface area (Å²) < 4.78 is 5.48. The van der Waals surface area contributed by atoms with Gasteiger partial charge in [-0.25, -0.2) is 0 Å². The lowest BCUT2D eigenvalue weighted by Gasteiger charge is -2.13. The van der Waals surface area contributed by atoms with Gasteiger partial charge in [-0.2, -0.15) is 10.1 Å². The molecular formula is C20H16N2O4. The molecule has 1 aromatic carbocycles. The minimum absolute atomic E-state index is 0.135. The van der Waals surface area contributed by atoms with Crippen LogP contribution in [0.1, 0.15) is 17.5 Å². The summed E-state index contributed by atoms with van der Waals surface area (Å²) in [6.07, 6.45) is 7.49. The molecule has 4 unspecified atom stereocenters. The maximum absolute atomic E-state index is 12.6. The van der Waals surface area contributed by atoms with E-state index < -0.39 is 0 Å². The quantitative estimate of drug-likeness (QED) is 0.474. The summed E-state index contributed by atoms with van der Waals surface area (Å²) in [6, 6.07) is 5.35. The highest BCUT2D eigenvalue weighted by Crippen LogP contribution is 2.52. The van der Waals surface area contributed by atoms with Crippen molar-refractivity contribution in [3.8, 4) is 0 Å². The molecule has 1 saturated carbocycles. The molecule has 4 atom stereocenters. The summed E-state index contributed by atoms with van der Waals surface area (Å²) in [5, 5.41) is 5.43. The molecule has 2 fully saturated rings. The van der Waals surface area contributed by atoms with Gasteiger partial charge in [-0.05, 0) is 37.3 Å². The summed E-state index contributed by atoms with van der Waals surface area (Å²) in [5.41, 5.74) is 1.41. The largest absolute Gasteiger partial charge is 0.463 e. The second-order valence-corrected chi connectivity index (χ2v) is 7.25. The van der Waals surface area contributed by atoms with Crippen LogP contribution in [0.3, 0.4) is 0 Å². The van der Waals surface area contributed by atoms with Gasteiger partial charge in [-0.15, -0.1) is 0 Å². The van der Waals surface area contributed by atoms with Crippen molar-refractivity contribution in [1.29, 1.82) is 0 Å². The summed E-state index contributed by atoms with van der Waals surface area (Å²) >= 11 is 0. The van der Waals surface area contributed by atoms with Crippen molar-refractivity contribution in [2.45, 2.75) is 13.3 Å². The third-order valence-electron chi connectivity index (χ3n) is 5.71. The van der Waals surface area contributed by atoms with Crippen molar-refractivity contribution in [3.63, 3.8) is 0 Å². The molecule has 2 bridgehead atoms. The van der Waals surface area contributed by atoms with Crippen molar-refractivity contribution >= 4 is 29.0 Å². The van der Waals surface area contributed by atoms with Gasteiger partial charge in [0.1, 0.15) is 11.8 Å². The molecule has 1 aliphatic heterocycles. The van der Waals surface area contributed by atoms with Gasteiger partial charge < -0.3 is 4.42 Å². The molecule has 3 aliphatic rings. The van der Waals surface area contributed by atoms with E-state index in [9.17, 15) is 14.4 Å². The van der Waals surface area contributed by atoms with Crippen LogP contribution in [0.15, 0.2) is 50.9 Å². The van der Waals surface area contributed by atoms with Gasteiger partial charge in [0, 0.05) is 0 Å². The van der Waals surface area contributed by atoms with Gasteiger partial charge in [0.15, 0.2) is 0 Å². The molecular weight excluding hydrogens is 332 g/mol. The normalized spacial score (nSPS) is 29.5. The summed E-state index contributed by atoms with van der Waals surface area (Å²) in [5.74, 6) is -0.871. The minimum atomic E-state index is -0.301. The fourth-order valence-electron chi connectivity index (χ4n) is 4.47. The van der Waals surface area contributed by atoms with Crippen LogP contribution in [0.25, 0.3) is 11.0 Å². The number of hydrogen-bond acceptors (Lipinski definition) is 5. The number of aryl methyl sites for hydroxylation is 1. The standard InChI is InChI=1S/C20H16N2O4/c1-10-2-5-15-14(6-10)18(23)13(9-26-15)8-21-22-19(24)16-11-3-4-12(7-11)17(16)20(22)25/h2-6,8-9,11-12,16-17H,7H2,1H3. The van der Waals surface area contributed by atoms with Crippen LogP contribution < -0.4 is 5.43 Å². The second-order valence-electron chi connectivity index (χ2n) is 7.25. The molecule has 2 amide bonds. The molecule has 2 heterocycles. The maximum Gasteiger partial charge on any atom is 0.254 e. The predicted octanol–water partition coefficient (Wildman–Crippen LogP) is 2.24. The lowest BCUT2D eigenvalue weighted by Crippen LogP contribution is -2.28. The number of amides is 2. The van der Waals surface area contributed by atoms with E-state index in [0.717, 1.165) is 17.0 Å². The molecule has 5 rings (SSSR count). The van der Waals surface area contributed by atoms with Crippen LogP contribution in [0.5, 0.6) is 0 Å². The van der Waals surface area contributed by atoms with Gasteiger partial charge >= 0.3 is 0 Å². The van der Waals surface area contributed by atoms with Crippen LogP contribution in [0.4, 0.5) is 0 Å². The van der Waals surface area contributed by atoms with Gasteiger partial charge in [-0.1, -0.05) is 23.8 Å². The molecule has 2 aromatic rings. The number of carbonyl (C=O) groups is 2. The molecule has 6 heteroatoms.